The van der Waals surface area contributed by atoms with Crippen LogP contribution in [0.4, 0.5) is 0 Å². The minimum absolute atomic E-state index is 0.499. The molecular formula is C30H34N2. The molecule has 164 valence electrons. The summed E-state index contributed by atoms with van der Waals surface area (Å²) in [5, 5.41) is 3.08. The zero-order chi connectivity index (χ0) is 21.7. The molecule has 0 N–H and O–H groups in total. The van der Waals surface area contributed by atoms with Crippen molar-refractivity contribution in [3.8, 4) is 0 Å². The van der Waals surface area contributed by atoms with Crippen LogP contribution in [0.25, 0.3) is 21.8 Å². The van der Waals surface area contributed by atoms with E-state index in [0.717, 1.165) is 0 Å². The van der Waals surface area contributed by atoms with Gasteiger partial charge in [0.25, 0.3) is 0 Å². The molecule has 0 spiro atoms. The van der Waals surface area contributed by atoms with Crippen molar-refractivity contribution in [2.24, 2.45) is 0 Å². The van der Waals surface area contributed by atoms with Crippen LogP contribution in [0.5, 0.6) is 0 Å². The van der Waals surface area contributed by atoms with Gasteiger partial charge in [0.05, 0.1) is 12.1 Å². The zero-order valence-corrected chi connectivity index (χ0v) is 19.9. The summed E-state index contributed by atoms with van der Waals surface area (Å²) in [5.41, 5.74) is 12.5. The Bertz CT molecular complexity index is 1290. The van der Waals surface area contributed by atoms with E-state index in [9.17, 15) is 0 Å². The highest BCUT2D eigenvalue weighted by atomic mass is 15.2. The van der Waals surface area contributed by atoms with Crippen LogP contribution in [0.15, 0.2) is 36.4 Å². The zero-order valence-electron chi connectivity index (χ0n) is 19.9. The first-order valence-electron chi connectivity index (χ1n) is 12.9. The highest BCUT2D eigenvalue weighted by Gasteiger charge is 2.41. The lowest BCUT2D eigenvalue weighted by Crippen LogP contribution is -2.32. The molecule has 0 saturated carbocycles. The van der Waals surface area contributed by atoms with Crippen LogP contribution in [0, 0.1) is 0 Å². The van der Waals surface area contributed by atoms with Crippen molar-refractivity contribution in [1.82, 2.24) is 9.13 Å². The predicted octanol–water partition coefficient (Wildman–Crippen LogP) is 8.01. The minimum atomic E-state index is 0.499. The third-order valence-corrected chi connectivity index (χ3v) is 8.74. The van der Waals surface area contributed by atoms with Gasteiger partial charge in [-0.1, -0.05) is 39.8 Å². The smallest absolute Gasteiger partial charge is 0.0744 e. The molecule has 2 atom stereocenters. The van der Waals surface area contributed by atoms with E-state index in [-0.39, 0.29) is 0 Å². The average Bonchev–Trinajstić information content (AvgIpc) is 3.31. The van der Waals surface area contributed by atoms with Crippen LogP contribution < -0.4 is 0 Å². The molecule has 2 aromatic carbocycles. The monoisotopic (exact) mass is 422 g/mol. The Balaban J connectivity index is 1.56. The second-order valence-corrected chi connectivity index (χ2v) is 11.1. The Morgan fingerprint density at radius 1 is 0.656 bits per heavy atom. The standard InChI is InChI=1S/C30H34N2/c1-17(2)19-11-13-25-23(15-19)21-7-5-9-27-29(21)31(25)28-10-6-8-22-24-16-20(18(3)4)12-14-26(24)32(27)30(22)28/h11-18,27-28H,5-10H2,1-4H3. The number of rotatable bonds is 2. The molecule has 2 aliphatic carbocycles. The van der Waals surface area contributed by atoms with Crippen LogP contribution in [-0.4, -0.2) is 9.13 Å². The summed E-state index contributed by atoms with van der Waals surface area (Å²) in [6.07, 6.45) is 7.62. The Morgan fingerprint density at radius 2 is 1.09 bits per heavy atom. The van der Waals surface area contributed by atoms with Crippen LogP contribution in [0.1, 0.15) is 111 Å². The van der Waals surface area contributed by atoms with Gasteiger partial charge in [-0.2, -0.15) is 0 Å². The van der Waals surface area contributed by atoms with Crippen molar-refractivity contribution in [2.75, 3.05) is 0 Å². The van der Waals surface area contributed by atoms with E-state index in [0.29, 0.717) is 23.9 Å². The van der Waals surface area contributed by atoms with Crippen LogP contribution in [0.3, 0.4) is 0 Å². The molecule has 0 bridgehead atoms. The highest BCUT2D eigenvalue weighted by Crippen LogP contribution is 2.52. The van der Waals surface area contributed by atoms with E-state index in [1.165, 1.54) is 60.7 Å². The molecule has 2 unspecified atom stereocenters. The summed E-state index contributed by atoms with van der Waals surface area (Å²) in [6, 6.07) is 15.7. The molecule has 3 aliphatic rings. The van der Waals surface area contributed by atoms with Gasteiger partial charge in [0, 0.05) is 33.2 Å². The SMILES string of the molecule is CC(C)c1ccc2c(c1)c1c3n2C2CCCc4c2n(c2ccc(C(C)C)cc42)C3CCC1. The number of nitrogens with zero attached hydrogens (tertiary/aromatic N) is 2. The van der Waals surface area contributed by atoms with E-state index in [4.69, 9.17) is 0 Å². The van der Waals surface area contributed by atoms with Crippen LogP contribution in [-0.2, 0) is 12.8 Å². The van der Waals surface area contributed by atoms with E-state index in [1.807, 2.05) is 0 Å². The van der Waals surface area contributed by atoms with Crippen molar-refractivity contribution < 1.29 is 0 Å². The van der Waals surface area contributed by atoms with Gasteiger partial charge < -0.3 is 9.13 Å². The van der Waals surface area contributed by atoms with Gasteiger partial charge >= 0.3 is 0 Å². The van der Waals surface area contributed by atoms with E-state index < -0.39 is 0 Å². The molecule has 2 aromatic heterocycles. The molecular weight excluding hydrogens is 388 g/mol. The summed E-state index contributed by atoms with van der Waals surface area (Å²) in [5.74, 6) is 1.16. The quantitative estimate of drug-likeness (QED) is 0.310. The topological polar surface area (TPSA) is 9.86 Å². The first-order chi connectivity index (χ1) is 15.5. The number of fused-ring (bicyclic) bond motifs is 8. The molecule has 0 fully saturated rings. The van der Waals surface area contributed by atoms with E-state index >= 15 is 0 Å². The van der Waals surface area contributed by atoms with Crippen molar-refractivity contribution >= 4 is 21.8 Å². The van der Waals surface area contributed by atoms with Gasteiger partial charge in [0.1, 0.15) is 0 Å². The maximum Gasteiger partial charge on any atom is 0.0744 e. The first-order valence-corrected chi connectivity index (χ1v) is 12.9. The third-order valence-electron chi connectivity index (χ3n) is 8.74. The fraction of sp³-hybridized carbons (Fsp3) is 0.467. The molecule has 2 heteroatoms. The Labute approximate surface area is 191 Å². The Kier molecular flexibility index (Phi) is 3.88. The van der Waals surface area contributed by atoms with Crippen molar-refractivity contribution in [2.45, 2.75) is 90.1 Å². The van der Waals surface area contributed by atoms with E-state index in [2.05, 4.69) is 73.2 Å². The lowest BCUT2D eigenvalue weighted by atomic mass is 9.86. The predicted molar refractivity (Wildman–Crippen MR) is 134 cm³/mol. The normalized spacial score (nSPS) is 21.6. The molecule has 32 heavy (non-hydrogen) atoms. The fourth-order valence-corrected chi connectivity index (χ4v) is 7.20. The maximum absolute atomic E-state index is 2.80. The molecule has 0 amide bonds. The average molecular weight is 423 g/mol. The number of hydrogen-bond donors (Lipinski definition) is 0. The number of aromatic nitrogens is 2. The Hall–Kier alpha value is -2.48. The van der Waals surface area contributed by atoms with E-state index in [1.54, 1.807) is 33.3 Å². The molecule has 0 radical (unpaired) electrons. The number of hydrogen-bond acceptors (Lipinski definition) is 0. The van der Waals surface area contributed by atoms with Gasteiger partial charge in [-0.25, -0.2) is 0 Å². The summed E-state index contributed by atoms with van der Waals surface area (Å²) >= 11 is 0. The molecule has 1 aliphatic heterocycles. The minimum Gasteiger partial charge on any atom is -0.333 e. The van der Waals surface area contributed by atoms with Gasteiger partial charge in [0.2, 0.25) is 0 Å². The maximum atomic E-state index is 2.80. The lowest BCUT2D eigenvalue weighted by Gasteiger charge is -2.40. The largest absolute Gasteiger partial charge is 0.333 e. The van der Waals surface area contributed by atoms with Gasteiger partial charge in [-0.05, 0) is 96.9 Å². The molecule has 7 rings (SSSR count). The number of aryl methyl sites for hydroxylation is 2. The molecule has 3 heterocycles. The fourth-order valence-electron chi connectivity index (χ4n) is 7.20. The summed E-state index contributed by atoms with van der Waals surface area (Å²) < 4.78 is 5.61. The van der Waals surface area contributed by atoms with Crippen molar-refractivity contribution in [3.63, 3.8) is 0 Å². The second kappa shape index (κ2) is 6.53. The van der Waals surface area contributed by atoms with Gasteiger partial charge in [0.15, 0.2) is 0 Å². The van der Waals surface area contributed by atoms with Crippen LogP contribution in [0.2, 0.25) is 0 Å². The summed E-state index contributed by atoms with van der Waals surface area (Å²) in [7, 11) is 0. The Morgan fingerprint density at radius 3 is 1.50 bits per heavy atom. The summed E-state index contributed by atoms with van der Waals surface area (Å²) in [6.45, 7) is 9.29. The third kappa shape index (κ3) is 2.31. The van der Waals surface area contributed by atoms with Crippen LogP contribution >= 0.6 is 0 Å². The van der Waals surface area contributed by atoms with Crippen molar-refractivity contribution in [3.05, 3.63) is 70.0 Å². The lowest BCUT2D eigenvalue weighted by molar-refractivity contribution is 0.359. The first kappa shape index (κ1) is 19.0. The molecule has 0 saturated heterocycles. The highest BCUT2D eigenvalue weighted by molar-refractivity contribution is 5.91. The van der Waals surface area contributed by atoms with Gasteiger partial charge in [-0.3, -0.25) is 0 Å². The van der Waals surface area contributed by atoms with Crippen molar-refractivity contribution in [1.29, 1.82) is 0 Å². The number of benzene rings is 2. The summed E-state index contributed by atoms with van der Waals surface area (Å²) in [4.78, 5) is 0. The molecule has 2 nitrogen and oxygen atoms in total. The second-order valence-electron chi connectivity index (χ2n) is 11.1. The van der Waals surface area contributed by atoms with Gasteiger partial charge in [-0.15, -0.1) is 0 Å². The molecule has 4 aromatic rings.